The minimum Gasteiger partial charge on any atom is -0.451 e. The van der Waals surface area contributed by atoms with E-state index in [4.69, 9.17) is 4.42 Å². The number of aromatic nitrogens is 1. The molecule has 1 aliphatic rings. The summed E-state index contributed by atoms with van der Waals surface area (Å²) in [5.41, 5.74) is 1.78. The van der Waals surface area contributed by atoms with Gasteiger partial charge in [0.1, 0.15) is 11.6 Å². The molecular weight excluding hydrogens is 345 g/mol. The third-order valence-electron chi connectivity index (χ3n) is 4.72. The molecule has 3 aromatic rings. The smallest absolute Gasteiger partial charge is 0.289 e. The lowest BCUT2D eigenvalue weighted by molar-refractivity contribution is 0.0597. The summed E-state index contributed by atoms with van der Waals surface area (Å²) in [4.78, 5) is 21.2. The van der Waals surface area contributed by atoms with E-state index in [-0.39, 0.29) is 11.7 Å². The first kappa shape index (κ1) is 17.4. The van der Waals surface area contributed by atoms with Crippen LogP contribution in [0.3, 0.4) is 0 Å². The zero-order valence-electron chi connectivity index (χ0n) is 14.8. The molecule has 4 rings (SSSR count). The third kappa shape index (κ3) is 4.06. The number of furan rings is 1. The molecule has 0 spiro atoms. The van der Waals surface area contributed by atoms with Crippen LogP contribution in [0, 0.1) is 5.82 Å². The van der Waals surface area contributed by atoms with Crippen molar-refractivity contribution < 1.29 is 13.6 Å². The summed E-state index contributed by atoms with van der Waals surface area (Å²) in [5.74, 6) is 0.464. The van der Waals surface area contributed by atoms with Gasteiger partial charge in [-0.25, -0.2) is 4.39 Å². The number of carbonyl (C=O) groups is 1. The van der Waals surface area contributed by atoms with Crippen molar-refractivity contribution in [2.24, 2.45) is 0 Å². The zero-order valence-corrected chi connectivity index (χ0v) is 14.8. The number of amides is 1. The van der Waals surface area contributed by atoms with Gasteiger partial charge in [0.05, 0.1) is 5.69 Å². The molecular formula is C21H20FN3O2. The van der Waals surface area contributed by atoms with Crippen LogP contribution in [0.1, 0.15) is 16.2 Å². The van der Waals surface area contributed by atoms with Gasteiger partial charge in [-0.05, 0) is 48.5 Å². The van der Waals surface area contributed by atoms with Gasteiger partial charge in [-0.3, -0.25) is 14.7 Å². The van der Waals surface area contributed by atoms with Gasteiger partial charge in [0, 0.05) is 44.5 Å². The van der Waals surface area contributed by atoms with Crippen molar-refractivity contribution in [1.29, 1.82) is 0 Å². The van der Waals surface area contributed by atoms with Crippen molar-refractivity contribution >= 4 is 5.91 Å². The van der Waals surface area contributed by atoms with Crippen molar-refractivity contribution in [1.82, 2.24) is 14.8 Å². The summed E-state index contributed by atoms with van der Waals surface area (Å²) in [6, 6.07) is 15.4. The van der Waals surface area contributed by atoms with Crippen LogP contribution in [0.5, 0.6) is 0 Å². The van der Waals surface area contributed by atoms with E-state index in [2.05, 4.69) is 9.88 Å². The number of hydrogen-bond donors (Lipinski definition) is 0. The van der Waals surface area contributed by atoms with Crippen molar-refractivity contribution in [2.75, 3.05) is 26.2 Å². The molecule has 1 aromatic carbocycles. The summed E-state index contributed by atoms with van der Waals surface area (Å²) in [5, 5.41) is 0. The van der Waals surface area contributed by atoms with E-state index in [1.165, 1.54) is 12.1 Å². The first-order valence-corrected chi connectivity index (χ1v) is 8.96. The van der Waals surface area contributed by atoms with E-state index in [0.717, 1.165) is 30.9 Å². The fraction of sp³-hybridized carbons (Fsp3) is 0.238. The van der Waals surface area contributed by atoms with E-state index < -0.39 is 0 Å². The largest absolute Gasteiger partial charge is 0.451 e. The van der Waals surface area contributed by atoms with Crippen molar-refractivity contribution in [2.45, 2.75) is 6.54 Å². The Bertz CT molecular complexity index is 901. The van der Waals surface area contributed by atoms with Crippen LogP contribution < -0.4 is 0 Å². The van der Waals surface area contributed by atoms with E-state index >= 15 is 0 Å². The van der Waals surface area contributed by atoms with Crippen LogP contribution in [-0.2, 0) is 6.54 Å². The normalized spacial score (nSPS) is 15.1. The predicted octanol–water partition coefficient (Wildman–Crippen LogP) is 3.44. The number of benzene rings is 1. The standard InChI is InChI=1S/C21H20FN3O2/c22-17-6-4-16(5-7-17)19-8-9-20(27-19)21(26)25-13-11-24(12-14-25)15-18-3-1-2-10-23-18/h1-10H,11-15H2. The molecule has 6 heteroatoms. The highest BCUT2D eigenvalue weighted by Crippen LogP contribution is 2.23. The molecule has 1 saturated heterocycles. The number of piperazine rings is 1. The Morgan fingerprint density at radius 3 is 2.48 bits per heavy atom. The number of halogens is 1. The maximum atomic E-state index is 13.0. The quantitative estimate of drug-likeness (QED) is 0.711. The minimum absolute atomic E-state index is 0.110. The zero-order chi connectivity index (χ0) is 18.6. The van der Waals surface area contributed by atoms with Crippen LogP contribution in [0.15, 0.2) is 65.2 Å². The van der Waals surface area contributed by atoms with Crippen molar-refractivity contribution in [3.05, 3.63) is 78.1 Å². The highest BCUT2D eigenvalue weighted by molar-refractivity contribution is 5.92. The summed E-state index contributed by atoms with van der Waals surface area (Å²) in [7, 11) is 0. The number of rotatable bonds is 4. The average molecular weight is 365 g/mol. The van der Waals surface area contributed by atoms with E-state index in [1.807, 2.05) is 23.1 Å². The molecule has 0 saturated carbocycles. The topological polar surface area (TPSA) is 49.6 Å². The fourth-order valence-electron chi connectivity index (χ4n) is 3.21. The average Bonchev–Trinajstić information content (AvgIpc) is 3.20. The maximum Gasteiger partial charge on any atom is 0.289 e. The van der Waals surface area contributed by atoms with Gasteiger partial charge < -0.3 is 9.32 Å². The van der Waals surface area contributed by atoms with Gasteiger partial charge in [0.15, 0.2) is 5.76 Å². The molecule has 3 heterocycles. The van der Waals surface area contributed by atoms with E-state index in [9.17, 15) is 9.18 Å². The van der Waals surface area contributed by atoms with E-state index in [1.54, 1.807) is 30.5 Å². The van der Waals surface area contributed by atoms with Crippen LogP contribution in [0.2, 0.25) is 0 Å². The Morgan fingerprint density at radius 1 is 1.00 bits per heavy atom. The molecule has 1 amide bonds. The summed E-state index contributed by atoms with van der Waals surface area (Å²) >= 11 is 0. The number of nitrogens with zero attached hydrogens (tertiary/aromatic N) is 3. The molecule has 0 aliphatic carbocycles. The Hall–Kier alpha value is -2.99. The molecule has 0 unspecified atom stereocenters. The second-order valence-electron chi connectivity index (χ2n) is 6.56. The Morgan fingerprint density at radius 2 is 1.78 bits per heavy atom. The summed E-state index contributed by atoms with van der Waals surface area (Å²) in [6.45, 7) is 3.69. The third-order valence-corrected chi connectivity index (χ3v) is 4.72. The first-order valence-electron chi connectivity index (χ1n) is 8.96. The fourth-order valence-corrected chi connectivity index (χ4v) is 3.21. The molecule has 2 aromatic heterocycles. The summed E-state index contributed by atoms with van der Waals surface area (Å²) in [6.07, 6.45) is 1.80. The molecule has 27 heavy (non-hydrogen) atoms. The van der Waals surface area contributed by atoms with Gasteiger partial charge >= 0.3 is 0 Å². The molecule has 1 fully saturated rings. The van der Waals surface area contributed by atoms with Gasteiger partial charge in [-0.15, -0.1) is 0 Å². The lowest BCUT2D eigenvalue weighted by atomic mass is 10.2. The molecule has 1 aliphatic heterocycles. The Labute approximate surface area is 157 Å². The van der Waals surface area contributed by atoms with Gasteiger partial charge in [0.2, 0.25) is 0 Å². The molecule has 0 radical (unpaired) electrons. The van der Waals surface area contributed by atoms with Crippen LogP contribution >= 0.6 is 0 Å². The minimum atomic E-state index is -0.301. The number of pyridine rings is 1. The molecule has 0 N–H and O–H groups in total. The Kier molecular flexibility index (Phi) is 4.98. The van der Waals surface area contributed by atoms with Gasteiger partial charge in [0.25, 0.3) is 5.91 Å². The first-order chi connectivity index (χ1) is 13.2. The number of carbonyl (C=O) groups excluding carboxylic acids is 1. The van der Waals surface area contributed by atoms with Crippen LogP contribution in [0.4, 0.5) is 4.39 Å². The Balaban J connectivity index is 1.36. The highest BCUT2D eigenvalue weighted by atomic mass is 19.1. The van der Waals surface area contributed by atoms with Gasteiger partial charge in [-0.2, -0.15) is 0 Å². The maximum absolute atomic E-state index is 13.0. The van der Waals surface area contributed by atoms with E-state index in [0.29, 0.717) is 24.6 Å². The van der Waals surface area contributed by atoms with Crippen LogP contribution in [0.25, 0.3) is 11.3 Å². The number of hydrogen-bond acceptors (Lipinski definition) is 4. The monoisotopic (exact) mass is 365 g/mol. The molecule has 0 bridgehead atoms. The van der Waals surface area contributed by atoms with Crippen LogP contribution in [-0.4, -0.2) is 46.9 Å². The highest BCUT2D eigenvalue weighted by Gasteiger charge is 2.24. The summed E-state index contributed by atoms with van der Waals surface area (Å²) < 4.78 is 18.8. The lowest BCUT2D eigenvalue weighted by Crippen LogP contribution is -2.48. The second kappa shape index (κ2) is 7.72. The van der Waals surface area contributed by atoms with Gasteiger partial charge in [-0.1, -0.05) is 6.07 Å². The lowest BCUT2D eigenvalue weighted by Gasteiger charge is -2.34. The van der Waals surface area contributed by atoms with Crippen molar-refractivity contribution in [3.8, 4) is 11.3 Å². The second-order valence-corrected chi connectivity index (χ2v) is 6.56. The van der Waals surface area contributed by atoms with Crippen molar-refractivity contribution in [3.63, 3.8) is 0 Å². The molecule has 138 valence electrons. The SMILES string of the molecule is O=C(c1ccc(-c2ccc(F)cc2)o1)N1CCN(Cc2ccccn2)CC1. The predicted molar refractivity (Wildman–Crippen MR) is 99.5 cm³/mol. The molecule has 0 atom stereocenters. The molecule has 5 nitrogen and oxygen atoms in total.